The zero-order chi connectivity index (χ0) is 23.4. The quantitative estimate of drug-likeness (QED) is 0.504. The van der Waals surface area contributed by atoms with Crippen molar-refractivity contribution < 1.29 is 14.5 Å². The molecule has 10 nitrogen and oxygen atoms in total. The van der Waals surface area contributed by atoms with Gasteiger partial charge in [0.05, 0.1) is 9.93 Å². The van der Waals surface area contributed by atoms with Gasteiger partial charge in [0.25, 0.3) is 5.91 Å². The number of anilines is 1. The third-order valence-corrected chi connectivity index (χ3v) is 7.42. The van der Waals surface area contributed by atoms with E-state index in [1.165, 1.54) is 48.1 Å². The first kappa shape index (κ1) is 23.1. The molecule has 2 aromatic heterocycles. The van der Waals surface area contributed by atoms with E-state index in [1.807, 2.05) is 4.90 Å². The first-order valence-electron chi connectivity index (χ1n) is 11.3. The summed E-state index contributed by atoms with van der Waals surface area (Å²) in [5.41, 5.74) is 2.67. The van der Waals surface area contributed by atoms with Gasteiger partial charge in [-0.3, -0.25) is 30.1 Å². The second-order valence-electron chi connectivity index (χ2n) is 8.61. The Morgan fingerprint density at radius 2 is 1.94 bits per heavy atom. The average Bonchev–Trinajstić information content (AvgIpc) is 3.35. The van der Waals surface area contributed by atoms with Crippen LogP contribution in [0.15, 0.2) is 23.7 Å². The maximum Gasteiger partial charge on any atom is 0.313 e. The minimum atomic E-state index is -0.544. The fourth-order valence-corrected chi connectivity index (χ4v) is 5.56. The standard InChI is InChI=1S/C22H28N6O4S/c1-26(19-18(28(31)32)8-5-11-23-19)25-20(29)17-14-33-21(24-17)15-9-12-27(13-10-15)22(30)16-6-3-2-4-7-16/h5,8,11,14-16H,2-4,6-7,9-10,12-13H2,1H3,(H,25,29). The van der Waals surface area contributed by atoms with Crippen molar-refractivity contribution in [3.8, 4) is 0 Å². The molecule has 1 N–H and O–H groups in total. The maximum absolute atomic E-state index is 12.8. The summed E-state index contributed by atoms with van der Waals surface area (Å²) in [5, 5.41) is 15.0. The predicted molar refractivity (Wildman–Crippen MR) is 124 cm³/mol. The van der Waals surface area contributed by atoms with Crippen LogP contribution in [0.5, 0.6) is 0 Å². The van der Waals surface area contributed by atoms with Gasteiger partial charge in [-0.1, -0.05) is 19.3 Å². The largest absolute Gasteiger partial charge is 0.342 e. The number of hydrazine groups is 1. The van der Waals surface area contributed by atoms with Crippen LogP contribution in [0, 0.1) is 16.0 Å². The predicted octanol–water partition coefficient (Wildman–Crippen LogP) is 3.51. The molecule has 2 aromatic rings. The number of nitro groups is 1. The Kier molecular flexibility index (Phi) is 7.17. The van der Waals surface area contributed by atoms with Crippen LogP contribution in [-0.2, 0) is 4.79 Å². The molecule has 0 unspecified atom stereocenters. The highest BCUT2D eigenvalue weighted by Gasteiger charge is 2.31. The lowest BCUT2D eigenvalue weighted by Gasteiger charge is -2.34. The van der Waals surface area contributed by atoms with E-state index in [1.54, 1.807) is 5.38 Å². The van der Waals surface area contributed by atoms with Gasteiger partial charge in [0.15, 0.2) is 0 Å². The Morgan fingerprint density at radius 1 is 1.21 bits per heavy atom. The summed E-state index contributed by atoms with van der Waals surface area (Å²) in [4.78, 5) is 46.6. The van der Waals surface area contributed by atoms with Gasteiger partial charge >= 0.3 is 5.69 Å². The van der Waals surface area contributed by atoms with Crippen LogP contribution in [0.1, 0.15) is 66.4 Å². The zero-order valence-electron chi connectivity index (χ0n) is 18.6. The van der Waals surface area contributed by atoms with Crippen molar-refractivity contribution in [1.82, 2.24) is 20.3 Å². The number of carbonyl (C=O) groups excluding carboxylic acids is 2. The molecule has 176 valence electrons. The number of hydrogen-bond acceptors (Lipinski definition) is 8. The fourth-order valence-electron chi connectivity index (χ4n) is 4.59. The van der Waals surface area contributed by atoms with E-state index in [0.717, 1.165) is 56.6 Å². The van der Waals surface area contributed by atoms with E-state index >= 15 is 0 Å². The van der Waals surface area contributed by atoms with E-state index < -0.39 is 10.8 Å². The van der Waals surface area contributed by atoms with Crippen molar-refractivity contribution in [2.45, 2.75) is 50.9 Å². The van der Waals surface area contributed by atoms with Gasteiger partial charge in [-0.25, -0.2) is 9.97 Å². The highest BCUT2D eigenvalue weighted by molar-refractivity contribution is 7.09. The number of piperidine rings is 1. The summed E-state index contributed by atoms with van der Waals surface area (Å²) >= 11 is 1.44. The first-order valence-corrected chi connectivity index (χ1v) is 12.2. The molecule has 1 saturated carbocycles. The molecule has 33 heavy (non-hydrogen) atoms. The number of aromatic nitrogens is 2. The number of carbonyl (C=O) groups is 2. The van der Waals surface area contributed by atoms with E-state index in [2.05, 4.69) is 15.4 Å². The number of likely N-dealkylation sites (tertiary alicyclic amines) is 1. The number of rotatable bonds is 6. The third kappa shape index (κ3) is 5.29. The number of thiazole rings is 1. The Hall–Kier alpha value is -3.08. The molecular formula is C22H28N6O4S. The van der Waals surface area contributed by atoms with E-state index in [4.69, 9.17) is 0 Å². The van der Waals surface area contributed by atoms with Crippen LogP contribution in [0.25, 0.3) is 0 Å². The molecule has 2 aliphatic rings. The van der Waals surface area contributed by atoms with Crippen molar-refractivity contribution in [2.75, 3.05) is 25.1 Å². The van der Waals surface area contributed by atoms with Crippen molar-refractivity contribution >= 4 is 34.7 Å². The molecular weight excluding hydrogens is 444 g/mol. The summed E-state index contributed by atoms with van der Waals surface area (Å²) in [6, 6.07) is 2.80. The molecule has 0 radical (unpaired) electrons. The Bertz CT molecular complexity index is 1010. The topological polar surface area (TPSA) is 122 Å². The van der Waals surface area contributed by atoms with Crippen LogP contribution in [0.2, 0.25) is 0 Å². The Balaban J connectivity index is 1.33. The van der Waals surface area contributed by atoms with Crippen molar-refractivity contribution in [2.24, 2.45) is 5.92 Å². The number of pyridine rings is 1. The Morgan fingerprint density at radius 3 is 2.64 bits per heavy atom. The zero-order valence-corrected chi connectivity index (χ0v) is 19.4. The lowest BCUT2D eigenvalue weighted by atomic mass is 9.87. The minimum Gasteiger partial charge on any atom is -0.342 e. The molecule has 2 fully saturated rings. The highest BCUT2D eigenvalue weighted by atomic mass is 32.1. The molecule has 0 bridgehead atoms. The lowest BCUT2D eigenvalue weighted by Crippen LogP contribution is -2.42. The number of nitrogens with zero attached hydrogens (tertiary/aromatic N) is 5. The van der Waals surface area contributed by atoms with Gasteiger partial charge in [0.2, 0.25) is 11.7 Å². The van der Waals surface area contributed by atoms with E-state index in [-0.39, 0.29) is 29.0 Å². The summed E-state index contributed by atoms with van der Waals surface area (Å²) in [6.07, 6.45) is 8.68. The van der Waals surface area contributed by atoms with Gasteiger partial charge in [-0.05, 0) is 31.7 Å². The van der Waals surface area contributed by atoms with Gasteiger partial charge in [-0.2, -0.15) is 0 Å². The van der Waals surface area contributed by atoms with Gasteiger partial charge in [-0.15, -0.1) is 11.3 Å². The van der Waals surface area contributed by atoms with Gasteiger partial charge in [0, 0.05) is 49.6 Å². The van der Waals surface area contributed by atoms with Crippen LogP contribution >= 0.6 is 11.3 Å². The molecule has 0 atom stereocenters. The smallest absolute Gasteiger partial charge is 0.313 e. The summed E-state index contributed by atoms with van der Waals surface area (Å²) in [7, 11) is 1.50. The van der Waals surface area contributed by atoms with Crippen LogP contribution in [0.3, 0.4) is 0 Å². The molecule has 3 heterocycles. The van der Waals surface area contributed by atoms with Crippen LogP contribution in [0.4, 0.5) is 11.5 Å². The summed E-state index contributed by atoms with van der Waals surface area (Å²) in [5.74, 6) is 0.309. The molecule has 4 rings (SSSR count). The van der Waals surface area contributed by atoms with Gasteiger partial charge < -0.3 is 4.90 Å². The monoisotopic (exact) mass is 472 g/mol. The molecule has 0 spiro atoms. The highest BCUT2D eigenvalue weighted by Crippen LogP contribution is 2.33. The van der Waals surface area contributed by atoms with E-state index in [0.29, 0.717) is 5.91 Å². The molecule has 1 saturated heterocycles. The lowest BCUT2D eigenvalue weighted by molar-refractivity contribution is -0.384. The maximum atomic E-state index is 12.8. The van der Waals surface area contributed by atoms with E-state index in [9.17, 15) is 19.7 Å². The molecule has 11 heteroatoms. The number of amides is 2. The van der Waals surface area contributed by atoms with Crippen molar-refractivity contribution in [3.05, 3.63) is 44.5 Å². The number of nitrogens with one attached hydrogen (secondary N) is 1. The Labute approximate surface area is 196 Å². The van der Waals surface area contributed by atoms with Gasteiger partial charge in [0.1, 0.15) is 5.69 Å². The summed E-state index contributed by atoms with van der Waals surface area (Å²) in [6.45, 7) is 1.46. The molecule has 1 aliphatic carbocycles. The average molecular weight is 473 g/mol. The number of hydrogen-bond donors (Lipinski definition) is 1. The van der Waals surface area contributed by atoms with Crippen LogP contribution < -0.4 is 10.4 Å². The van der Waals surface area contributed by atoms with Crippen molar-refractivity contribution in [1.29, 1.82) is 0 Å². The summed E-state index contributed by atoms with van der Waals surface area (Å²) < 4.78 is 0. The molecule has 0 aromatic carbocycles. The second-order valence-corrected chi connectivity index (χ2v) is 9.50. The van der Waals surface area contributed by atoms with Crippen LogP contribution in [-0.4, -0.2) is 51.7 Å². The third-order valence-electron chi connectivity index (χ3n) is 6.41. The second kappa shape index (κ2) is 10.2. The fraction of sp³-hybridized carbons (Fsp3) is 0.545. The SMILES string of the molecule is CN(NC(=O)c1csc(C2CCN(C(=O)C3CCCCC3)CC2)n1)c1ncccc1[N+](=O)[O-]. The normalized spacial score (nSPS) is 17.5. The minimum absolute atomic E-state index is 0.0429. The molecule has 2 amide bonds. The van der Waals surface area contributed by atoms with Crippen molar-refractivity contribution in [3.63, 3.8) is 0 Å². The molecule has 1 aliphatic heterocycles. The first-order chi connectivity index (χ1) is 15.9.